The van der Waals surface area contributed by atoms with Gasteiger partial charge in [-0.2, -0.15) is 0 Å². The van der Waals surface area contributed by atoms with Gasteiger partial charge in [0.15, 0.2) is 5.13 Å². The van der Waals surface area contributed by atoms with Gasteiger partial charge in [0.25, 0.3) is 5.91 Å². The lowest BCUT2D eigenvalue weighted by Crippen LogP contribution is -2.36. The molecule has 2 heterocycles. The Balaban J connectivity index is 1.81. The number of rotatable bonds is 8. The van der Waals surface area contributed by atoms with Gasteiger partial charge in [-0.05, 0) is 51.3 Å². The van der Waals surface area contributed by atoms with Crippen molar-refractivity contribution in [2.75, 3.05) is 46.3 Å². The predicted octanol–water partition coefficient (Wildman–Crippen LogP) is 4.02. The zero-order chi connectivity index (χ0) is 23.5. The number of carbonyl (C=O) groups is 1. The second kappa shape index (κ2) is 9.60. The summed E-state index contributed by atoms with van der Waals surface area (Å²) >= 11 is 1.32. The van der Waals surface area contributed by atoms with Gasteiger partial charge in [-0.15, -0.1) is 0 Å². The second-order valence-corrected chi connectivity index (χ2v) is 8.72. The Morgan fingerprint density at radius 3 is 2.52 bits per heavy atom. The van der Waals surface area contributed by atoms with Crippen LogP contribution in [0.5, 0.6) is 11.5 Å². The van der Waals surface area contributed by atoms with Gasteiger partial charge in [-0.3, -0.25) is 9.69 Å². The molecule has 4 rings (SSSR count). The Morgan fingerprint density at radius 2 is 1.79 bits per heavy atom. The summed E-state index contributed by atoms with van der Waals surface area (Å²) < 4.78 is 17.1. The zero-order valence-electron chi connectivity index (χ0n) is 19.0. The van der Waals surface area contributed by atoms with E-state index < -0.39 is 11.5 Å². The number of anilines is 1. The molecule has 33 heavy (non-hydrogen) atoms. The highest BCUT2D eigenvalue weighted by atomic mass is 32.1. The Morgan fingerprint density at radius 1 is 1.06 bits per heavy atom. The van der Waals surface area contributed by atoms with Crippen LogP contribution in [0.4, 0.5) is 5.13 Å². The number of aromatic nitrogens is 1. The first-order valence-corrected chi connectivity index (χ1v) is 11.3. The minimum atomic E-state index is -0.674. The maximum absolute atomic E-state index is 13.6. The van der Waals surface area contributed by atoms with Crippen molar-refractivity contribution >= 4 is 43.6 Å². The maximum atomic E-state index is 13.6. The number of nitrogens with zero attached hydrogens (tertiary/aromatic N) is 3. The van der Waals surface area contributed by atoms with Crippen LogP contribution in [0.15, 0.2) is 51.7 Å². The summed E-state index contributed by atoms with van der Waals surface area (Å²) in [7, 11) is 7.09. The third-order valence-electron chi connectivity index (χ3n) is 5.23. The first-order valence-electron chi connectivity index (χ1n) is 10.4. The van der Waals surface area contributed by atoms with Crippen LogP contribution >= 0.6 is 11.3 Å². The average molecular weight is 468 g/mol. The lowest BCUT2D eigenvalue weighted by molar-refractivity contribution is 0.0982. The van der Waals surface area contributed by atoms with Crippen LogP contribution in [0.2, 0.25) is 0 Å². The average Bonchev–Trinajstić information content (AvgIpc) is 3.25. The van der Waals surface area contributed by atoms with Crippen molar-refractivity contribution in [2.24, 2.45) is 0 Å². The first-order chi connectivity index (χ1) is 15.9. The number of amides is 1. The van der Waals surface area contributed by atoms with E-state index in [4.69, 9.17) is 18.9 Å². The normalized spacial score (nSPS) is 11.3. The summed E-state index contributed by atoms with van der Waals surface area (Å²) in [6.45, 7) is 1.15. The van der Waals surface area contributed by atoms with Gasteiger partial charge < -0.3 is 18.8 Å². The number of benzene rings is 2. The van der Waals surface area contributed by atoms with Crippen LogP contribution in [0.25, 0.3) is 21.2 Å². The van der Waals surface area contributed by atoms with E-state index in [1.807, 2.05) is 25.1 Å². The zero-order valence-corrected chi connectivity index (χ0v) is 19.8. The lowest BCUT2D eigenvalue weighted by Gasteiger charge is -2.20. The Kier molecular flexibility index (Phi) is 6.62. The van der Waals surface area contributed by atoms with Crippen LogP contribution < -0.4 is 20.0 Å². The molecule has 0 atom stereocenters. The molecule has 0 radical (unpaired) electrons. The number of para-hydroxylation sites is 1. The van der Waals surface area contributed by atoms with Crippen LogP contribution in [0.3, 0.4) is 0 Å². The van der Waals surface area contributed by atoms with Gasteiger partial charge in [0.05, 0.1) is 14.2 Å². The third-order valence-corrected chi connectivity index (χ3v) is 6.33. The van der Waals surface area contributed by atoms with Crippen molar-refractivity contribution < 1.29 is 18.7 Å². The van der Waals surface area contributed by atoms with Crippen molar-refractivity contribution in [3.8, 4) is 11.5 Å². The van der Waals surface area contributed by atoms with Crippen molar-refractivity contribution in [1.82, 2.24) is 9.88 Å². The van der Waals surface area contributed by atoms with E-state index >= 15 is 0 Å². The van der Waals surface area contributed by atoms with Crippen molar-refractivity contribution in [1.29, 1.82) is 0 Å². The summed E-state index contributed by atoms with van der Waals surface area (Å²) in [5.41, 5.74) is 0.338. The Hall–Kier alpha value is -3.43. The van der Waals surface area contributed by atoms with Crippen LogP contribution in [-0.2, 0) is 0 Å². The fourth-order valence-electron chi connectivity index (χ4n) is 3.58. The van der Waals surface area contributed by atoms with Gasteiger partial charge in [0.2, 0.25) is 0 Å². The number of hydrogen-bond acceptors (Lipinski definition) is 8. The number of thiazole rings is 1. The molecule has 0 fully saturated rings. The monoisotopic (exact) mass is 467 g/mol. The third kappa shape index (κ3) is 4.55. The fraction of sp³-hybridized carbons (Fsp3) is 0.292. The molecule has 172 valence electrons. The molecule has 0 aliphatic heterocycles. The van der Waals surface area contributed by atoms with E-state index in [9.17, 15) is 9.59 Å². The number of fused-ring (bicyclic) bond motifs is 2. The van der Waals surface area contributed by atoms with E-state index in [2.05, 4.69) is 0 Å². The molecule has 9 heteroatoms. The van der Waals surface area contributed by atoms with Gasteiger partial charge in [0, 0.05) is 11.9 Å². The van der Waals surface area contributed by atoms with E-state index in [1.54, 1.807) is 50.6 Å². The molecule has 2 aromatic carbocycles. The molecule has 2 aromatic heterocycles. The van der Waals surface area contributed by atoms with Crippen LogP contribution in [0.1, 0.15) is 16.8 Å². The molecular formula is C24H25N3O5S. The molecule has 0 unspecified atom stereocenters. The van der Waals surface area contributed by atoms with Crippen LogP contribution in [0, 0.1) is 0 Å². The quantitative estimate of drug-likeness (QED) is 0.362. The predicted molar refractivity (Wildman–Crippen MR) is 130 cm³/mol. The molecule has 0 bridgehead atoms. The summed E-state index contributed by atoms with van der Waals surface area (Å²) in [6.07, 6.45) is 0.696. The molecule has 0 saturated heterocycles. The highest BCUT2D eigenvalue weighted by molar-refractivity contribution is 7.22. The largest absolute Gasteiger partial charge is 0.495 e. The van der Waals surface area contributed by atoms with Crippen molar-refractivity contribution in [3.63, 3.8) is 0 Å². The van der Waals surface area contributed by atoms with Gasteiger partial charge in [-0.25, -0.2) is 9.78 Å². The summed E-state index contributed by atoms with van der Waals surface area (Å²) in [4.78, 5) is 34.6. The Bertz CT molecular complexity index is 1320. The smallest absolute Gasteiger partial charge is 0.349 e. The minimum Gasteiger partial charge on any atom is -0.495 e. The first kappa shape index (κ1) is 22.8. The lowest BCUT2D eigenvalue weighted by atomic mass is 10.1. The minimum absolute atomic E-state index is 0.0308. The standard InChI is InChI=1S/C24H25N3O5S/c1-26(2)12-7-13-27(22(28)16-14-15-8-5-6-9-17(15)32-23(16)29)24-25-20-18(30-3)10-11-19(31-4)21(20)33-24/h5-6,8-11,14H,7,12-13H2,1-4H3. The van der Waals surface area contributed by atoms with E-state index in [1.165, 1.54) is 16.2 Å². The van der Waals surface area contributed by atoms with E-state index in [0.717, 1.165) is 11.2 Å². The SMILES string of the molecule is COc1ccc(OC)c2sc(N(CCCN(C)C)C(=O)c3cc4ccccc4oc3=O)nc12. The number of carbonyl (C=O) groups excluding carboxylic acids is 1. The van der Waals surface area contributed by atoms with E-state index in [-0.39, 0.29) is 5.56 Å². The summed E-state index contributed by atoms with van der Waals surface area (Å²) in [5.74, 6) is 0.768. The molecular weight excluding hydrogens is 442 g/mol. The number of hydrogen-bond donors (Lipinski definition) is 0. The van der Waals surface area contributed by atoms with Gasteiger partial charge >= 0.3 is 5.63 Å². The van der Waals surface area contributed by atoms with E-state index in [0.29, 0.717) is 46.1 Å². The second-order valence-electron chi connectivity index (χ2n) is 7.74. The molecule has 4 aromatic rings. The summed E-state index contributed by atoms with van der Waals surface area (Å²) in [5, 5.41) is 1.14. The van der Waals surface area contributed by atoms with Crippen molar-refractivity contribution in [2.45, 2.75) is 6.42 Å². The highest BCUT2D eigenvalue weighted by Gasteiger charge is 2.26. The fourth-order valence-corrected chi connectivity index (χ4v) is 4.67. The molecule has 0 saturated carbocycles. The Labute approximate surface area is 195 Å². The molecule has 0 spiro atoms. The van der Waals surface area contributed by atoms with Crippen LogP contribution in [-0.4, -0.2) is 57.2 Å². The molecule has 0 aliphatic rings. The maximum Gasteiger partial charge on any atom is 0.349 e. The number of methoxy groups -OCH3 is 2. The van der Waals surface area contributed by atoms with Gasteiger partial charge in [0.1, 0.15) is 32.9 Å². The molecule has 0 N–H and O–H groups in total. The highest BCUT2D eigenvalue weighted by Crippen LogP contribution is 2.40. The van der Waals surface area contributed by atoms with Crippen molar-refractivity contribution in [3.05, 3.63) is 58.4 Å². The topological polar surface area (TPSA) is 85.1 Å². The molecule has 0 aliphatic carbocycles. The molecule has 1 amide bonds. The summed E-state index contributed by atoms with van der Waals surface area (Å²) in [6, 6.07) is 12.3. The number of ether oxygens (including phenoxy) is 2. The van der Waals surface area contributed by atoms with Gasteiger partial charge in [-0.1, -0.05) is 29.5 Å². The molecule has 8 nitrogen and oxygen atoms in total.